The molecule has 0 aromatic rings. The van der Waals surface area contributed by atoms with E-state index in [1.807, 2.05) is 27.7 Å². The van der Waals surface area contributed by atoms with Crippen molar-refractivity contribution >= 4 is 11.9 Å². The molecule has 144 valence electrons. The van der Waals surface area contributed by atoms with Crippen LogP contribution in [0.3, 0.4) is 0 Å². The SMILES string of the molecule is C=CC(=O)OC(C)(C)C12CC3CC(C1)CC(C(C)(C)OC(=O)C=C)(C3)C2. The van der Waals surface area contributed by atoms with E-state index >= 15 is 0 Å². The van der Waals surface area contributed by atoms with Crippen LogP contribution in [-0.2, 0) is 19.1 Å². The first kappa shape index (κ1) is 19.2. The first-order chi connectivity index (χ1) is 12.0. The quantitative estimate of drug-likeness (QED) is 0.513. The Bertz CT molecular complexity index is 577. The third kappa shape index (κ3) is 2.82. The second-order valence-electron chi connectivity index (χ2n) is 9.79. The summed E-state index contributed by atoms with van der Waals surface area (Å²) in [5.41, 5.74) is -1.29. The molecule has 0 spiro atoms. The molecule has 4 nitrogen and oxygen atoms in total. The molecule has 0 aromatic heterocycles. The number of esters is 2. The minimum absolute atomic E-state index is 0.0758. The summed E-state index contributed by atoms with van der Waals surface area (Å²) < 4.78 is 11.7. The molecule has 4 saturated carbocycles. The monoisotopic (exact) mass is 360 g/mol. The van der Waals surface area contributed by atoms with Gasteiger partial charge in [-0.1, -0.05) is 13.2 Å². The standard InChI is InChI=1S/C22H32O4/c1-7-17(23)25-19(3,4)21-10-15-9-16(11-21)13-22(12-15,14-21)20(5,6)26-18(24)8-2/h7-8,15-16H,1-2,9-14H2,3-6H3. The van der Waals surface area contributed by atoms with Gasteiger partial charge in [-0.2, -0.15) is 0 Å². The second kappa shape index (κ2) is 5.97. The average molecular weight is 360 g/mol. The smallest absolute Gasteiger partial charge is 0.330 e. The zero-order valence-corrected chi connectivity index (χ0v) is 16.6. The fraction of sp³-hybridized carbons (Fsp3) is 0.727. The minimum atomic E-state index is -0.570. The number of hydrogen-bond donors (Lipinski definition) is 0. The normalized spacial score (nSPS) is 35.7. The van der Waals surface area contributed by atoms with E-state index in [-0.39, 0.29) is 22.8 Å². The van der Waals surface area contributed by atoms with Gasteiger partial charge in [-0.3, -0.25) is 0 Å². The molecule has 0 radical (unpaired) electrons. The van der Waals surface area contributed by atoms with E-state index in [0.717, 1.165) is 32.1 Å². The second-order valence-corrected chi connectivity index (χ2v) is 9.79. The molecule has 26 heavy (non-hydrogen) atoms. The maximum atomic E-state index is 12.0. The highest BCUT2D eigenvalue weighted by atomic mass is 16.6. The zero-order valence-electron chi connectivity index (χ0n) is 16.6. The van der Waals surface area contributed by atoms with E-state index in [0.29, 0.717) is 11.8 Å². The highest BCUT2D eigenvalue weighted by molar-refractivity contribution is 5.82. The Morgan fingerprint density at radius 2 is 1.19 bits per heavy atom. The molecule has 4 heteroatoms. The van der Waals surface area contributed by atoms with E-state index in [4.69, 9.17) is 9.47 Å². The Kier molecular flexibility index (Phi) is 4.40. The molecule has 0 aromatic carbocycles. The highest BCUT2D eigenvalue weighted by Crippen LogP contribution is 2.71. The van der Waals surface area contributed by atoms with Gasteiger partial charge in [-0.25, -0.2) is 9.59 Å². The van der Waals surface area contributed by atoms with E-state index < -0.39 is 11.2 Å². The van der Waals surface area contributed by atoms with Crippen LogP contribution in [0.2, 0.25) is 0 Å². The predicted octanol–water partition coefficient (Wildman–Crippen LogP) is 4.59. The van der Waals surface area contributed by atoms with Crippen LogP contribution in [-0.4, -0.2) is 23.1 Å². The molecule has 4 rings (SSSR count). The van der Waals surface area contributed by atoms with E-state index in [1.54, 1.807) is 0 Å². The molecular weight excluding hydrogens is 328 g/mol. The summed E-state index contributed by atoms with van der Waals surface area (Å²) in [4.78, 5) is 23.9. The van der Waals surface area contributed by atoms with Crippen LogP contribution in [0.5, 0.6) is 0 Å². The van der Waals surface area contributed by atoms with Crippen LogP contribution in [0.15, 0.2) is 25.3 Å². The van der Waals surface area contributed by atoms with Gasteiger partial charge in [0.1, 0.15) is 11.2 Å². The summed E-state index contributed by atoms with van der Waals surface area (Å²) >= 11 is 0. The molecule has 0 atom stereocenters. The Morgan fingerprint density at radius 3 is 1.50 bits per heavy atom. The summed E-state index contributed by atoms with van der Waals surface area (Å²) in [7, 11) is 0. The zero-order chi connectivity index (χ0) is 19.4. The molecule has 4 aliphatic rings. The van der Waals surface area contributed by atoms with E-state index in [2.05, 4.69) is 13.2 Å². The van der Waals surface area contributed by atoms with Crippen molar-refractivity contribution in [2.75, 3.05) is 0 Å². The molecule has 0 unspecified atom stereocenters. The molecule has 4 bridgehead atoms. The van der Waals surface area contributed by atoms with Crippen molar-refractivity contribution in [2.45, 2.75) is 77.4 Å². The molecule has 0 amide bonds. The predicted molar refractivity (Wildman–Crippen MR) is 100 cm³/mol. The topological polar surface area (TPSA) is 52.6 Å². The molecule has 0 heterocycles. The fourth-order valence-corrected chi connectivity index (χ4v) is 6.47. The van der Waals surface area contributed by atoms with Crippen molar-refractivity contribution < 1.29 is 19.1 Å². The minimum Gasteiger partial charge on any atom is -0.456 e. The maximum absolute atomic E-state index is 12.0. The van der Waals surface area contributed by atoms with Crippen molar-refractivity contribution in [1.29, 1.82) is 0 Å². The lowest BCUT2D eigenvalue weighted by atomic mass is 9.38. The summed E-state index contributed by atoms with van der Waals surface area (Å²) in [5.74, 6) is 0.466. The lowest BCUT2D eigenvalue weighted by Gasteiger charge is -2.68. The number of hydrogen-bond acceptors (Lipinski definition) is 4. The molecule has 4 fully saturated rings. The molecule has 4 aliphatic carbocycles. The number of carbonyl (C=O) groups is 2. The van der Waals surface area contributed by atoms with E-state index in [9.17, 15) is 9.59 Å². The van der Waals surface area contributed by atoms with Crippen LogP contribution in [0.4, 0.5) is 0 Å². The number of rotatable bonds is 6. The van der Waals surface area contributed by atoms with Gasteiger partial charge in [0, 0.05) is 23.0 Å². The Hall–Kier alpha value is -1.58. The van der Waals surface area contributed by atoms with Crippen molar-refractivity contribution in [2.24, 2.45) is 22.7 Å². The molecule has 0 saturated heterocycles. The van der Waals surface area contributed by atoms with Gasteiger partial charge in [0.25, 0.3) is 0 Å². The summed E-state index contributed by atoms with van der Waals surface area (Å²) in [5, 5.41) is 0. The summed E-state index contributed by atoms with van der Waals surface area (Å²) in [6.07, 6.45) is 8.95. The number of carbonyl (C=O) groups excluding carboxylic acids is 2. The van der Waals surface area contributed by atoms with Gasteiger partial charge in [0.15, 0.2) is 0 Å². The third-order valence-corrected chi connectivity index (χ3v) is 7.66. The van der Waals surface area contributed by atoms with Crippen LogP contribution >= 0.6 is 0 Å². The Balaban J connectivity index is 1.96. The summed E-state index contributed by atoms with van der Waals surface area (Å²) in [6.45, 7) is 15.2. The van der Waals surface area contributed by atoms with Crippen molar-refractivity contribution in [3.05, 3.63) is 25.3 Å². The van der Waals surface area contributed by atoms with Crippen LogP contribution in [0.25, 0.3) is 0 Å². The van der Waals surface area contributed by atoms with Crippen molar-refractivity contribution in [3.63, 3.8) is 0 Å². The van der Waals surface area contributed by atoms with Crippen molar-refractivity contribution in [1.82, 2.24) is 0 Å². The number of ether oxygens (including phenoxy) is 2. The molecule has 0 N–H and O–H groups in total. The Labute approximate surface area is 157 Å². The van der Waals surface area contributed by atoms with Crippen LogP contribution in [0.1, 0.15) is 66.2 Å². The first-order valence-corrected chi connectivity index (χ1v) is 9.69. The first-order valence-electron chi connectivity index (χ1n) is 9.69. The molecular formula is C22H32O4. The fourth-order valence-electron chi connectivity index (χ4n) is 6.47. The van der Waals surface area contributed by atoms with Gasteiger partial charge in [-0.15, -0.1) is 0 Å². The highest BCUT2D eigenvalue weighted by Gasteiger charge is 2.67. The average Bonchev–Trinajstić information content (AvgIpc) is 2.52. The summed E-state index contributed by atoms with van der Waals surface area (Å²) in [6, 6.07) is 0. The van der Waals surface area contributed by atoms with Crippen molar-refractivity contribution in [3.8, 4) is 0 Å². The van der Waals surface area contributed by atoms with Gasteiger partial charge >= 0.3 is 11.9 Å². The van der Waals surface area contributed by atoms with E-state index in [1.165, 1.54) is 18.6 Å². The van der Waals surface area contributed by atoms with Gasteiger partial charge in [0.05, 0.1) is 0 Å². The van der Waals surface area contributed by atoms with Crippen LogP contribution in [0, 0.1) is 22.7 Å². The van der Waals surface area contributed by atoms with Gasteiger partial charge in [0.2, 0.25) is 0 Å². The van der Waals surface area contributed by atoms with Gasteiger partial charge in [-0.05, 0) is 78.1 Å². The third-order valence-electron chi connectivity index (χ3n) is 7.66. The Morgan fingerprint density at radius 1 is 0.846 bits per heavy atom. The lowest BCUT2D eigenvalue weighted by molar-refractivity contribution is -0.247. The largest absolute Gasteiger partial charge is 0.456 e. The lowest BCUT2D eigenvalue weighted by Crippen LogP contribution is -2.65. The maximum Gasteiger partial charge on any atom is 0.330 e. The molecule has 0 aliphatic heterocycles. The van der Waals surface area contributed by atoms with Crippen LogP contribution < -0.4 is 0 Å². The van der Waals surface area contributed by atoms with Gasteiger partial charge < -0.3 is 9.47 Å².